The maximum absolute atomic E-state index is 11.9. The van der Waals surface area contributed by atoms with Gasteiger partial charge in [0.2, 0.25) is 11.9 Å². The largest absolute Gasteiger partial charge is 0.512 e. The van der Waals surface area contributed by atoms with Gasteiger partial charge in [-0.05, 0) is 42.2 Å². The summed E-state index contributed by atoms with van der Waals surface area (Å²) in [5.41, 5.74) is 4.92. The van der Waals surface area contributed by atoms with Crippen LogP contribution in [-0.4, -0.2) is 52.1 Å². The molecule has 7 heteroatoms. The van der Waals surface area contributed by atoms with Crippen LogP contribution in [0.4, 0.5) is 17.3 Å². The number of aliphatic hydroxyl groups excluding tert-OH is 1. The summed E-state index contributed by atoms with van der Waals surface area (Å²) in [7, 11) is 0. The predicted octanol–water partition coefficient (Wildman–Crippen LogP) is 4.15. The van der Waals surface area contributed by atoms with Crippen molar-refractivity contribution in [1.29, 1.82) is 0 Å². The van der Waals surface area contributed by atoms with Crippen molar-refractivity contribution in [3.8, 4) is 0 Å². The lowest BCUT2D eigenvalue weighted by Gasteiger charge is -2.36. The van der Waals surface area contributed by atoms with Crippen molar-refractivity contribution < 1.29 is 9.90 Å². The van der Waals surface area contributed by atoms with Gasteiger partial charge in [-0.1, -0.05) is 20.8 Å². The lowest BCUT2D eigenvalue weighted by Crippen LogP contribution is -2.48. The topological polar surface area (TPSA) is 81.6 Å². The molecule has 1 aromatic carbocycles. The van der Waals surface area contributed by atoms with E-state index in [2.05, 4.69) is 41.2 Å². The molecule has 7 nitrogen and oxygen atoms in total. The molecule has 0 bridgehead atoms. The molecule has 2 heterocycles. The van der Waals surface area contributed by atoms with E-state index < -0.39 is 0 Å². The summed E-state index contributed by atoms with van der Waals surface area (Å²) in [6, 6.07) is 8.23. The molecule has 1 saturated heterocycles. The Labute approximate surface area is 183 Å². The Kier molecular flexibility index (Phi) is 6.11. The highest BCUT2D eigenvalue weighted by Crippen LogP contribution is 2.34. The van der Waals surface area contributed by atoms with Gasteiger partial charge in [0.05, 0.1) is 11.5 Å². The summed E-state index contributed by atoms with van der Waals surface area (Å²) in [5, 5.41) is 13.6. The number of aromatic nitrogens is 2. The smallest absolute Gasteiger partial charge is 0.227 e. The van der Waals surface area contributed by atoms with Crippen LogP contribution in [0.3, 0.4) is 0 Å². The van der Waals surface area contributed by atoms with E-state index in [0.29, 0.717) is 24.5 Å². The molecule has 0 atom stereocenters. The van der Waals surface area contributed by atoms with Gasteiger partial charge in [0.25, 0.3) is 0 Å². The number of amides is 1. The average molecular weight is 422 g/mol. The number of rotatable bonds is 5. The van der Waals surface area contributed by atoms with Gasteiger partial charge < -0.3 is 20.2 Å². The minimum absolute atomic E-state index is 0.203. The molecular weight excluding hydrogens is 390 g/mol. The molecule has 0 spiro atoms. The highest BCUT2D eigenvalue weighted by molar-refractivity contribution is 5.76. The summed E-state index contributed by atoms with van der Waals surface area (Å²) in [6.45, 7) is 9.30. The second kappa shape index (κ2) is 8.96. The van der Waals surface area contributed by atoms with Crippen molar-refractivity contribution in [2.24, 2.45) is 5.92 Å². The first-order chi connectivity index (χ1) is 15.0. The van der Waals surface area contributed by atoms with Crippen molar-refractivity contribution in [2.75, 3.05) is 36.4 Å². The van der Waals surface area contributed by atoms with Crippen LogP contribution >= 0.6 is 0 Å². The maximum atomic E-state index is 11.9. The number of carbonyl (C=O) groups excluding carboxylic acids is 1. The van der Waals surface area contributed by atoms with Gasteiger partial charge >= 0.3 is 0 Å². The molecule has 0 unspecified atom stereocenters. The Morgan fingerprint density at radius 2 is 1.84 bits per heavy atom. The second-order valence-corrected chi connectivity index (χ2v) is 8.48. The first-order valence-corrected chi connectivity index (χ1v) is 11.1. The normalized spacial score (nSPS) is 16.5. The maximum Gasteiger partial charge on any atom is 0.227 e. The molecule has 31 heavy (non-hydrogen) atoms. The fourth-order valence-electron chi connectivity index (χ4n) is 4.34. The van der Waals surface area contributed by atoms with E-state index in [1.165, 1.54) is 0 Å². The van der Waals surface area contributed by atoms with E-state index in [-0.39, 0.29) is 11.8 Å². The van der Waals surface area contributed by atoms with Gasteiger partial charge in [0.1, 0.15) is 0 Å². The first kappa shape index (κ1) is 21.2. The van der Waals surface area contributed by atoms with Gasteiger partial charge in [-0.25, -0.2) is 9.97 Å². The Balaban J connectivity index is 1.44. The third-order valence-electron chi connectivity index (χ3n) is 6.06. The van der Waals surface area contributed by atoms with Gasteiger partial charge in [-0.2, -0.15) is 0 Å². The van der Waals surface area contributed by atoms with E-state index in [0.717, 1.165) is 60.8 Å². The number of anilines is 3. The summed E-state index contributed by atoms with van der Waals surface area (Å²) in [5.74, 6) is 1.41. The molecular formula is C24H31N5O2. The summed E-state index contributed by atoms with van der Waals surface area (Å²) >= 11 is 0. The van der Waals surface area contributed by atoms with Crippen LogP contribution in [0.5, 0.6) is 0 Å². The average Bonchev–Trinajstić information content (AvgIpc) is 2.78. The van der Waals surface area contributed by atoms with Crippen LogP contribution in [0.25, 0.3) is 5.57 Å². The Bertz CT molecular complexity index is 976. The van der Waals surface area contributed by atoms with Crippen molar-refractivity contribution in [2.45, 2.75) is 40.0 Å². The van der Waals surface area contributed by atoms with Crippen molar-refractivity contribution in [3.63, 3.8) is 0 Å². The lowest BCUT2D eigenvalue weighted by molar-refractivity contribution is -0.131. The number of nitrogens with zero attached hydrogens (tertiary/aromatic N) is 4. The van der Waals surface area contributed by atoms with Crippen LogP contribution in [0.2, 0.25) is 0 Å². The standard InChI is InChI=1S/C24H31N5O2/c1-4-21(31)29-13-11-28(12-14-29)19-8-6-18(7-9-19)26-24-25-15-17-5-10-20(30)22(16(2)3)23(17)27-24/h6-9,15-16,30H,4-5,10-14H2,1-3H3,(H,25,26,27). The van der Waals surface area contributed by atoms with Crippen molar-refractivity contribution in [1.82, 2.24) is 14.9 Å². The number of benzene rings is 1. The molecule has 2 aromatic rings. The zero-order valence-corrected chi connectivity index (χ0v) is 18.6. The number of hydrogen-bond acceptors (Lipinski definition) is 6. The summed E-state index contributed by atoms with van der Waals surface area (Å²) < 4.78 is 0. The third kappa shape index (κ3) is 4.50. The highest BCUT2D eigenvalue weighted by atomic mass is 16.3. The number of allylic oxidation sites excluding steroid dienone is 2. The Morgan fingerprint density at radius 1 is 1.13 bits per heavy atom. The molecule has 4 rings (SSSR count). The van der Waals surface area contributed by atoms with Gasteiger partial charge in [0.15, 0.2) is 0 Å². The first-order valence-electron chi connectivity index (χ1n) is 11.1. The molecule has 0 saturated carbocycles. The molecule has 2 N–H and O–H groups in total. The number of fused-ring (bicyclic) bond motifs is 1. The highest BCUT2D eigenvalue weighted by Gasteiger charge is 2.24. The number of aliphatic hydroxyl groups is 1. The molecule has 164 valence electrons. The fraction of sp³-hybridized carbons (Fsp3) is 0.458. The zero-order chi connectivity index (χ0) is 22.0. The fourth-order valence-corrected chi connectivity index (χ4v) is 4.34. The van der Waals surface area contributed by atoms with E-state index in [9.17, 15) is 9.90 Å². The minimum Gasteiger partial charge on any atom is -0.512 e. The zero-order valence-electron chi connectivity index (χ0n) is 18.6. The summed E-state index contributed by atoms with van der Waals surface area (Å²) in [4.78, 5) is 25.3. The SMILES string of the molecule is CCC(=O)N1CCN(c2ccc(Nc3ncc4c(n3)C(C(C)C)=C(O)CC4)cc2)CC1. The summed E-state index contributed by atoms with van der Waals surface area (Å²) in [6.07, 6.45) is 3.85. The number of aryl methyl sites for hydroxylation is 1. The lowest BCUT2D eigenvalue weighted by atomic mass is 9.88. The quantitative estimate of drug-likeness (QED) is 0.755. The molecule has 1 aliphatic heterocycles. The molecule has 1 aliphatic carbocycles. The molecule has 1 amide bonds. The minimum atomic E-state index is 0.203. The Hall–Kier alpha value is -3.09. The number of piperazine rings is 1. The van der Waals surface area contributed by atoms with Crippen molar-refractivity contribution in [3.05, 3.63) is 47.5 Å². The molecule has 1 fully saturated rings. The number of carbonyl (C=O) groups is 1. The van der Waals surface area contributed by atoms with E-state index >= 15 is 0 Å². The number of hydrogen-bond donors (Lipinski definition) is 2. The van der Waals surface area contributed by atoms with E-state index in [4.69, 9.17) is 4.98 Å². The molecule has 2 aliphatic rings. The Morgan fingerprint density at radius 3 is 2.48 bits per heavy atom. The van der Waals surface area contributed by atoms with Gasteiger partial charge in [-0.15, -0.1) is 0 Å². The van der Waals surface area contributed by atoms with Gasteiger partial charge in [0, 0.05) is 62.2 Å². The van der Waals surface area contributed by atoms with Crippen LogP contribution < -0.4 is 10.2 Å². The van der Waals surface area contributed by atoms with Crippen LogP contribution in [0, 0.1) is 5.92 Å². The van der Waals surface area contributed by atoms with E-state index in [1.54, 1.807) is 0 Å². The predicted molar refractivity (Wildman–Crippen MR) is 124 cm³/mol. The van der Waals surface area contributed by atoms with Crippen LogP contribution in [0.1, 0.15) is 44.9 Å². The van der Waals surface area contributed by atoms with E-state index in [1.807, 2.05) is 30.2 Å². The van der Waals surface area contributed by atoms with Gasteiger partial charge in [-0.3, -0.25) is 4.79 Å². The van der Waals surface area contributed by atoms with Crippen LogP contribution in [0.15, 0.2) is 36.2 Å². The molecule has 1 aromatic heterocycles. The monoisotopic (exact) mass is 421 g/mol. The molecule has 0 radical (unpaired) electrons. The number of nitrogens with one attached hydrogen (secondary N) is 1. The van der Waals surface area contributed by atoms with Crippen molar-refractivity contribution >= 4 is 28.8 Å². The van der Waals surface area contributed by atoms with Crippen LogP contribution in [-0.2, 0) is 11.2 Å². The third-order valence-corrected chi connectivity index (χ3v) is 6.06. The second-order valence-electron chi connectivity index (χ2n) is 8.48.